The molecule has 0 bridgehead atoms. The van der Waals surface area contributed by atoms with Gasteiger partial charge in [0, 0.05) is 32.8 Å². The van der Waals surface area contributed by atoms with Crippen molar-refractivity contribution in [1.29, 1.82) is 0 Å². The van der Waals surface area contributed by atoms with Crippen molar-refractivity contribution in [3.05, 3.63) is 0 Å². The molecule has 0 aromatic rings. The molecule has 1 rings (SSSR count). The second-order valence-corrected chi connectivity index (χ2v) is 5.96. The zero-order valence-electron chi connectivity index (χ0n) is 15.1. The Hall–Kier alpha value is -0.120. The first-order valence-electron chi connectivity index (χ1n) is 9.35. The minimum absolute atomic E-state index is 0.382. The van der Waals surface area contributed by atoms with Crippen molar-refractivity contribution in [3.63, 3.8) is 0 Å². The molecule has 21 heavy (non-hydrogen) atoms. The van der Waals surface area contributed by atoms with Gasteiger partial charge in [-0.3, -0.25) is 0 Å². The predicted octanol–water partition coefficient (Wildman–Crippen LogP) is 3.62. The maximum atomic E-state index is 9.25. The van der Waals surface area contributed by atoms with Gasteiger partial charge in [-0.15, -0.1) is 0 Å². The van der Waals surface area contributed by atoms with Crippen LogP contribution in [0.3, 0.4) is 0 Å². The van der Waals surface area contributed by atoms with E-state index in [1.165, 1.54) is 77.8 Å². The van der Waals surface area contributed by atoms with Crippen LogP contribution >= 0.6 is 0 Å². The monoisotopic (exact) mass is 300 g/mol. The number of likely N-dealkylation sites (N-methyl/N-ethyl adjacent to an activating group) is 1. The summed E-state index contributed by atoms with van der Waals surface area (Å²) in [6, 6.07) is 0. The van der Waals surface area contributed by atoms with E-state index in [-0.39, 0.29) is 0 Å². The molecular weight excluding hydrogens is 260 g/mol. The third-order valence-corrected chi connectivity index (χ3v) is 4.45. The van der Waals surface area contributed by atoms with Gasteiger partial charge in [-0.2, -0.15) is 0 Å². The zero-order chi connectivity index (χ0) is 15.9. The maximum Gasteiger partial charge on any atom is 0.0459 e. The first kappa shape index (κ1) is 20.9. The number of piperazine rings is 1. The zero-order valence-corrected chi connectivity index (χ0v) is 15.1. The lowest BCUT2D eigenvalue weighted by molar-refractivity contribution is 0.135. The van der Waals surface area contributed by atoms with Crippen molar-refractivity contribution in [2.24, 2.45) is 5.92 Å². The Balaban J connectivity index is 0.00000191. The Morgan fingerprint density at radius 2 is 1.48 bits per heavy atom. The summed E-state index contributed by atoms with van der Waals surface area (Å²) in [4.78, 5) is 5.15. The molecule has 0 spiro atoms. The number of hydrogen-bond donors (Lipinski definition) is 1. The molecule has 1 saturated heterocycles. The predicted molar refractivity (Wildman–Crippen MR) is 93.9 cm³/mol. The van der Waals surface area contributed by atoms with Crippen molar-refractivity contribution in [2.45, 2.75) is 66.2 Å². The molecule has 0 aliphatic carbocycles. The van der Waals surface area contributed by atoms with Crippen molar-refractivity contribution in [2.75, 3.05) is 45.9 Å². The lowest BCUT2D eigenvalue weighted by Crippen LogP contribution is -2.46. The van der Waals surface area contributed by atoms with Crippen LogP contribution < -0.4 is 0 Å². The SMILES string of the molecule is CC.CCCC(CO)CCCCCN1CCN(CC)CC1. The van der Waals surface area contributed by atoms with E-state index in [4.69, 9.17) is 0 Å². The largest absolute Gasteiger partial charge is 0.396 e. The molecule has 128 valence electrons. The van der Waals surface area contributed by atoms with Gasteiger partial charge in [-0.25, -0.2) is 0 Å². The van der Waals surface area contributed by atoms with E-state index < -0.39 is 0 Å². The number of aliphatic hydroxyl groups excluding tert-OH is 1. The summed E-state index contributed by atoms with van der Waals surface area (Å²) >= 11 is 0. The lowest BCUT2D eigenvalue weighted by atomic mass is 9.97. The van der Waals surface area contributed by atoms with Gasteiger partial charge in [0.2, 0.25) is 0 Å². The Labute approximate surface area is 133 Å². The Morgan fingerprint density at radius 1 is 0.857 bits per heavy atom. The molecule has 1 aliphatic rings. The van der Waals surface area contributed by atoms with Crippen molar-refractivity contribution in [1.82, 2.24) is 9.80 Å². The fraction of sp³-hybridized carbons (Fsp3) is 1.00. The summed E-state index contributed by atoms with van der Waals surface area (Å²) in [5.74, 6) is 0.554. The van der Waals surface area contributed by atoms with Crippen LogP contribution in [0.1, 0.15) is 66.2 Å². The minimum atomic E-state index is 0.382. The van der Waals surface area contributed by atoms with Gasteiger partial charge >= 0.3 is 0 Å². The molecule has 1 aliphatic heterocycles. The highest BCUT2D eigenvalue weighted by atomic mass is 16.3. The molecule has 0 saturated carbocycles. The van der Waals surface area contributed by atoms with Crippen LogP contribution in [0.5, 0.6) is 0 Å². The number of aliphatic hydroxyl groups is 1. The Morgan fingerprint density at radius 3 is 2.00 bits per heavy atom. The van der Waals surface area contributed by atoms with Gasteiger partial charge in [0.25, 0.3) is 0 Å². The lowest BCUT2D eigenvalue weighted by Gasteiger charge is -2.34. The van der Waals surface area contributed by atoms with Crippen LogP contribution in [-0.2, 0) is 0 Å². The van der Waals surface area contributed by atoms with Crippen molar-refractivity contribution in [3.8, 4) is 0 Å². The molecule has 1 atom stereocenters. The van der Waals surface area contributed by atoms with Crippen LogP contribution in [0.25, 0.3) is 0 Å². The van der Waals surface area contributed by atoms with Crippen LogP contribution in [0.2, 0.25) is 0 Å². The number of hydrogen-bond acceptors (Lipinski definition) is 3. The van der Waals surface area contributed by atoms with Crippen LogP contribution in [-0.4, -0.2) is 60.8 Å². The average Bonchev–Trinajstić information content (AvgIpc) is 2.56. The summed E-state index contributed by atoms with van der Waals surface area (Å²) in [6.07, 6.45) is 7.56. The van der Waals surface area contributed by atoms with E-state index in [0.717, 1.165) is 0 Å². The molecule has 1 heterocycles. The van der Waals surface area contributed by atoms with Gasteiger partial charge in [0.15, 0.2) is 0 Å². The Bertz CT molecular complexity index is 203. The maximum absolute atomic E-state index is 9.25. The molecule has 1 unspecified atom stereocenters. The minimum Gasteiger partial charge on any atom is -0.396 e. The summed E-state index contributed by atoms with van der Waals surface area (Å²) < 4.78 is 0. The standard InChI is InChI=1S/C16H34N2O.C2H6/c1-3-8-16(15-19)9-6-5-7-10-18-13-11-17(4-2)12-14-18;1-2/h16,19H,3-15H2,1-2H3;1-2H3. The fourth-order valence-electron chi connectivity index (χ4n) is 3.01. The van der Waals surface area contributed by atoms with E-state index in [1.807, 2.05) is 13.8 Å². The molecule has 1 fully saturated rings. The Kier molecular flexibility index (Phi) is 14.7. The number of unbranched alkanes of at least 4 members (excludes halogenated alkanes) is 2. The van der Waals surface area contributed by atoms with Crippen LogP contribution in [0, 0.1) is 5.92 Å². The second-order valence-electron chi connectivity index (χ2n) is 5.96. The normalized spacial score (nSPS) is 18.1. The molecule has 0 amide bonds. The average molecular weight is 301 g/mol. The first-order valence-corrected chi connectivity index (χ1v) is 9.35. The molecule has 0 aromatic carbocycles. The summed E-state index contributed by atoms with van der Waals surface area (Å²) in [7, 11) is 0. The topological polar surface area (TPSA) is 26.7 Å². The molecule has 1 N–H and O–H groups in total. The molecule has 0 aromatic heterocycles. The van der Waals surface area contributed by atoms with Gasteiger partial charge in [0.05, 0.1) is 0 Å². The number of rotatable bonds is 10. The molecular formula is C18H40N2O. The van der Waals surface area contributed by atoms with E-state index in [0.29, 0.717) is 12.5 Å². The number of nitrogens with zero attached hydrogens (tertiary/aromatic N) is 2. The summed E-state index contributed by atoms with van der Waals surface area (Å²) in [5, 5.41) is 9.25. The quantitative estimate of drug-likeness (QED) is 0.624. The van der Waals surface area contributed by atoms with Crippen LogP contribution in [0.15, 0.2) is 0 Å². The summed E-state index contributed by atoms with van der Waals surface area (Å²) in [5.41, 5.74) is 0. The van der Waals surface area contributed by atoms with E-state index in [2.05, 4.69) is 23.6 Å². The second kappa shape index (κ2) is 14.8. The molecule has 3 heteroatoms. The van der Waals surface area contributed by atoms with E-state index in [9.17, 15) is 5.11 Å². The molecule has 3 nitrogen and oxygen atoms in total. The van der Waals surface area contributed by atoms with E-state index in [1.54, 1.807) is 0 Å². The highest BCUT2D eigenvalue weighted by Crippen LogP contribution is 2.15. The third-order valence-electron chi connectivity index (χ3n) is 4.45. The first-order chi connectivity index (χ1) is 10.3. The molecule has 0 radical (unpaired) electrons. The van der Waals surface area contributed by atoms with Gasteiger partial charge in [-0.05, 0) is 38.3 Å². The fourth-order valence-corrected chi connectivity index (χ4v) is 3.01. The third kappa shape index (κ3) is 10.3. The van der Waals surface area contributed by atoms with Gasteiger partial charge < -0.3 is 14.9 Å². The van der Waals surface area contributed by atoms with Gasteiger partial charge in [-0.1, -0.05) is 47.0 Å². The van der Waals surface area contributed by atoms with Gasteiger partial charge in [0.1, 0.15) is 0 Å². The smallest absolute Gasteiger partial charge is 0.0459 e. The van der Waals surface area contributed by atoms with E-state index >= 15 is 0 Å². The highest BCUT2D eigenvalue weighted by molar-refractivity contribution is 4.70. The van der Waals surface area contributed by atoms with Crippen LogP contribution in [0.4, 0.5) is 0 Å². The van der Waals surface area contributed by atoms with Crippen molar-refractivity contribution >= 4 is 0 Å². The highest BCUT2D eigenvalue weighted by Gasteiger charge is 2.14. The van der Waals surface area contributed by atoms with Crippen molar-refractivity contribution < 1.29 is 5.11 Å². The summed E-state index contributed by atoms with van der Waals surface area (Å²) in [6.45, 7) is 16.3.